The Bertz CT molecular complexity index is 1360. The summed E-state index contributed by atoms with van der Waals surface area (Å²) in [6.07, 6.45) is 6.13. The van der Waals surface area contributed by atoms with Gasteiger partial charge in [0.25, 0.3) is 5.89 Å². The van der Waals surface area contributed by atoms with E-state index < -0.39 is 11.9 Å². The van der Waals surface area contributed by atoms with Crippen LogP contribution in [0, 0.1) is 29.1 Å². The zero-order valence-corrected chi connectivity index (χ0v) is 22.4. The first-order valence-electron chi connectivity index (χ1n) is 13.5. The summed E-state index contributed by atoms with van der Waals surface area (Å²) in [5.41, 5.74) is 3.76. The summed E-state index contributed by atoms with van der Waals surface area (Å²) < 4.78 is 11.5. The van der Waals surface area contributed by atoms with Crippen molar-refractivity contribution in [1.29, 1.82) is 5.26 Å². The third-order valence-electron chi connectivity index (χ3n) is 7.85. The van der Waals surface area contributed by atoms with E-state index in [9.17, 15) is 20.0 Å². The second-order valence-corrected chi connectivity index (χ2v) is 10.7. The Hall–Kier alpha value is -4.13. The number of aliphatic carboxylic acids is 1. The van der Waals surface area contributed by atoms with Crippen molar-refractivity contribution in [2.45, 2.75) is 58.6 Å². The van der Waals surface area contributed by atoms with Crippen LogP contribution in [0.25, 0.3) is 17.0 Å². The van der Waals surface area contributed by atoms with Gasteiger partial charge in [0.15, 0.2) is 0 Å². The molecule has 0 saturated carbocycles. The van der Waals surface area contributed by atoms with Crippen molar-refractivity contribution in [3.63, 3.8) is 0 Å². The van der Waals surface area contributed by atoms with E-state index in [1.807, 2.05) is 51.1 Å². The van der Waals surface area contributed by atoms with Gasteiger partial charge >= 0.3 is 12.0 Å². The number of hydrogen-bond acceptors (Lipinski definition) is 7. The summed E-state index contributed by atoms with van der Waals surface area (Å²) in [5, 5.41) is 26.4. The molecule has 1 aromatic heterocycles. The van der Waals surface area contributed by atoms with E-state index in [1.165, 1.54) is 0 Å². The number of nitriles is 1. The van der Waals surface area contributed by atoms with Crippen molar-refractivity contribution in [3.05, 3.63) is 53.1 Å². The Labute approximate surface area is 227 Å². The van der Waals surface area contributed by atoms with Crippen LogP contribution < -0.4 is 5.32 Å². The van der Waals surface area contributed by atoms with Crippen LogP contribution in [0.3, 0.4) is 0 Å². The lowest BCUT2D eigenvalue weighted by Gasteiger charge is -2.31. The van der Waals surface area contributed by atoms with Gasteiger partial charge in [-0.05, 0) is 62.8 Å². The molecular weight excluding hydrogens is 498 g/mol. The lowest BCUT2D eigenvalue weighted by atomic mass is 9.83. The highest BCUT2D eigenvalue weighted by Crippen LogP contribution is 2.40. The van der Waals surface area contributed by atoms with E-state index in [1.54, 1.807) is 4.90 Å². The third-order valence-corrected chi connectivity index (χ3v) is 7.85. The lowest BCUT2D eigenvalue weighted by molar-refractivity contribution is -0.143. The smallest absolute Gasteiger partial charge is 0.317 e. The molecule has 1 saturated heterocycles. The molecule has 2 aromatic rings. The number of rotatable bonds is 6. The predicted molar refractivity (Wildman–Crippen MR) is 142 cm³/mol. The summed E-state index contributed by atoms with van der Waals surface area (Å²) in [6, 6.07) is 7.94. The van der Waals surface area contributed by atoms with Crippen LogP contribution in [0.5, 0.6) is 0 Å². The molecule has 10 heteroatoms. The minimum Gasteiger partial charge on any atom is -0.494 e. The van der Waals surface area contributed by atoms with Gasteiger partial charge in [0.1, 0.15) is 11.7 Å². The molecule has 10 nitrogen and oxygen atoms in total. The first kappa shape index (κ1) is 26.5. The normalized spacial score (nSPS) is 23.1. The molecular formula is C29H33N5O5. The Morgan fingerprint density at radius 2 is 2.00 bits per heavy atom. The first-order valence-corrected chi connectivity index (χ1v) is 13.5. The number of carbonyl (C=O) groups excluding carboxylic acids is 1. The largest absolute Gasteiger partial charge is 0.494 e. The van der Waals surface area contributed by atoms with Gasteiger partial charge < -0.3 is 24.6 Å². The number of ether oxygens (including phenoxy) is 1. The number of amides is 2. The van der Waals surface area contributed by atoms with Gasteiger partial charge in [0, 0.05) is 30.1 Å². The summed E-state index contributed by atoms with van der Waals surface area (Å²) in [4.78, 5) is 30.5. The molecule has 2 unspecified atom stereocenters. The molecule has 3 aliphatic rings. The fraction of sp³-hybridized carbons (Fsp3) is 0.483. The first-order chi connectivity index (χ1) is 18.8. The lowest BCUT2D eigenvalue weighted by Crippen LogP contribution is -2.46. The maximum absolute atomic E-state index is 12.9. The number of carboxylic acids is 1. The Morgan fingerprint density at radius 3 is 2.69 bits per heavy atom. The van der Waals surface area contributed by atoms with Crippen LogP contribution in [0.4, 0.5) is 4.79 Å². The molecule has 204 valence electrons. The molecule has 2 heterocycles. The quantitative estimate of drug-likeness (QED) is 0.546. The van der Waals surface area contributed by atoms with Crippen molar-refractivity contribution in [2.24, 2.45) is 17.8 Å². The summed E-state index contributed by atoms with van der Waals surface area (Å²) >= 11 is 0. The highest BCUT2D eigenvalue weighted by Gasteiger charge is 2.34. The van der Waals surface area contributed by atoms with Gasteiger partial charge in [0.05, 0.1) is 24.1 Å². The predicted octanol–water partition coefficient (Wildman–Crippen LogP) is 4.71. The fourth-order valence-corrected chi connectivity index (χ4v) is 5.71. The van der Waals surface area contributed by atoms with E-state index in [4.69, 9.17) is 14.2 Å². The number of carboxylic acid groups (broad SMARTS) is 1. The summed E-state index contributed by atoms with van der Waals surface area (Å²) in [6.45, 7) is 6.70. The second-order valence-electron chi connectivity index (χ2n) is 10.7. The highest BCUT2D eigenvalue weighted by atomic mass is 16.5. The van der Waals surface area contributed by atoms with Gasteiger partial charge in [-0.2, -0.15) is 10.2 Å². The summed E-state index contributed by atoms with van der Waals surface area (Å²) in [5.74, 6) is -0.303. The molecule has 3 atom stereocenters. The Kier molecular flexibility index (Phi) is 7.42. The van der Waals surface area contributed by atoms with Crippen molar-refractivity contribution in [1.82, 2.24) is 20.4 Å². The molecule has 1 fully saturated rings. The molecule has 2 aliphatic carbocycles. The maximum atomic E-state index is 12.9. The number of hydrogen-bond donors (Lipinski definition) is 2. The number of nitrogens with zero attached hydrogens (tertiary/aromatic N) is 4. The number of fused-ring (bicyclic) bond motifs is 1. The van der Waals surface area contributed by atoms with Crippen LogP contribution >= 0.6 is 0 Å². The number of carbonyl (C=O) groups is 2. The average molecular weight is 532 g/mol. The Balaban J connectivity index is 1.32. The topological polar surface area (TPSA) is 142 Å². The molecule has 1 aliphatic heterocycles. The zero-order valence-electron chi connectivity index (χ0n) is 22.4. The number of allylic oxidation sites excluding steroid dienone is 4. The van der Waals surface area contributed by atoms with E-state index >= 15 is 0 Å². The van der Waals surface area contributed by atoms with Gasteiger partial charge in [-0.15, -0.1) is 0 Å². The number of urea groups is 1. The van der Waals surface area contributed by atoms with Crippen molar-refractivity contribution in [2.75, 3.05) is 13.1 Å². The van der Waals surface area contributed by atoms with E-state index in [-0.39, 0.29) is 30.0 Å². The van der Waals surface area contributed by atoms with Crippen molar-refractivity contribution < 1.29 is 24.0 Å². The minimum atomic E-state index is -0.794. The molecule has 39 heavy (non-hydrogen) atoms. The minimum absolute atomic E-state index is 0.0258. The second kappa shape index (κ2) is 10.9. The Morgan fingerprint density at radius 1 is 1.23 bits per heavy atom. The molecule has 0 radical (unpaired) electrons. The van der Waals surface area contributed by atoms with Crippen LogP contribution in [-0.4, -0.2) is 51.3 Å². The van der Waals surface area contributed by atoms with E-state index in [2.05, 4.69) is 16.5 Å². The van der Waals surface area contributed by atoms with Crippen LogP contribution in [0.15, 0.2) is 40.6 Å². The van der Waals surface area contributed by atoms with E-state index in [0.717, 1.165) is 35.1 Å². The van der Waals surface area contributed by atoms with Gasteiger partial charge in [-0.3, -0.25) is 4.79 Å². The van der Waals surface area contributed by atoms with Crippen LogP contribution in [0.2, 0.25) is 0 Å². The van der Waals surface area contributed by atoms with Crippen molar-refractivity contribution in [3.8, 4) is 17.5 Å². The zero-order chi connectivity index (χ0) is 27.7. The maximum Gasteiger partial charge on any atom is 0.317 e. The number of aromatic nitrogens is 2. The third kappa shape index (κ3) is 5.26. The molecule has 2 N–H and O–H groups in total. The van der Waals surface area contributed by atoms with Gasteiger partial charge in [-0.1, -0.05) is 30.3 Å². The number of benzene rings is 1. The number of likely N-dealkylation sites (tertiary alicyclic amines) is 1. The van der Waals surface area contributed by atoms with Crippen LogP contribution in [-0.2, 0) is 16.0 Å². The summed E-state index contributed by atoms with van der Waals surface area (Å²) in [7, 11) is 0. The molecule has 5 rings (SSSR count). The van der Waals surface area contributed by atoms with E-state index in [0.29, 0.717) is 43.4 Å². The average Bonchev–Trinajstić information content (AvgIpc) is 3.56. The highest BCUT2D eigenvalue weighted by molar-refractivity contribution is 5.77. The van der Waals surface area contributed by atoms with Crippen molar-refractivity contribution >= 4 is 17.6 Å². The van der Waals surface area contributed by atoms with Gasteiger partial charge in [0.2, 0.25) is 5.82 Å². The molecule has 0 bridgehead atoms. The number of piperidine rings is 1. The molecule has 0 spiro atoms. The van der Waals surface area contributed by atoms with Gasteiger partial charge in [-0.25, -0.2) is 4.79 Å². The molecule has 1 aromatic carbocycles. The standard InChI is InChI=1S/C29H33N5O5/c1-16(2)38-25-10-8-19(17(3)23(25)15-30)27-32-26(33-39-27)22-6-4-5-21-20(22)7-9-24(21)31-29(37)34-13-11-18(12-14-34)28(35)36/h4-6,8,10,16-18,23-24H,7,9,11-14H2,1-3H3,(H,31,37)(H,35,36)/t17?,23?,24-/m0/s1. The SMILES string of the molecule is CC(C)OC1=CC=C(c2nc(-c3cccc4c3CC[C@@H]4NC(=O)N3CCC(C(=O)O)CC3)no2)C(C)C1C#N. The van der Waals surface area contributed by atoms with Crippen LogP contribution in [0.1, 0.15) is 63.1 Å². The fourth-order valence-electron chi connectivity index (χ4n) is 5.71. The molecule has 2 amide bonds. The monoisotopic (exact) mass is 531 g/mol. The number of nitrogens with one attached hydrogen (secondary N) is 1.